The summed E-state index contributed by atoms with van der Waals surface area (Å²) < 4.78 is 0.873. The van der Waals surface area contributed by atoms with E-state index in [1.165, 1.54) is 13.0 Å². The molecule has 7 heavy (non-hydrogen) atoms. The minimum atomic E-state index is 0.751. The molecule has 0 amide bonds. The lowest BCUT2D eigenvalue weighted by Gasteiger charge is -2.03. The van der Waals surface area contributed by atoms with E-state index < -0.39 is 0 Å². The quantitative estimate of drug-likeness (QED) is 0.468. The summed E-state index contributed by atoms with van der Waals surface area (Å²) in [4.78, 5) is 0. The first-order chi connectivity index (χ1) is 3.30. The second-order valence-corrected chi connectivity index (χ2v) is 3.65. The Morgan fingerprint density at radius 2 is 2.43 bits per heavy atom. The summed E-state index contributed by atoms with van der Waals surface area (Å²) in [5.74, 6) is 0. The average molecular weight is 211 g/mol. The van der Waals surface area contributed by atoms with Gasteiger partial charge in [-0.2, -0.15) is 0 Å². The highest BCUT2D eigenvalue weighted by Crippen LogP contribution is 2.15. The van der Waals surface area contributed by atoms with Gasteiger partial charge in [-0.15, -0.1) is 0 Å². The molecule has 1 heterocycles. The maximum Gasteiger partial charge on any atom is 0.0272 e. The standard InChI is InChI=1S/C5H10IN/c1-4-5(6)2-3-7-4/h4-5,7H,2-3H2,1H3. The van der Waals surface area contributed by atoms with Crippen LogP contribution in [-0.2, 0) is 0 Å². The van der Waals surface area contributed by atoms with Crippen LogP contribution < -0.4 is 5.32 Å². The summed E-state index contributed by atoms with van der Waals surface area (Å²) in [5.41, 5.74) is 0. The van der Waals surface area contributed by atoms with Crippen LogP contribution in [0.3, 0.4) is 0 Å². The summed E-state index contributed by atoms with van der Waals surface area (Å²) >= 11 is 2.50. The van der Waals surface area contributed by atoms with Crippen molar-refractivity contribution in [3.63, 3.8) is 0 Å². The molecule has 1 N–H and O–H groups in total. The second kappa shape index (κ2) is 2.31. The van der Waals surface area contributed by atoms with Crippen molar-refractivity contribution in [2.24, 2.45) is 0 Å². The molecule has 0 saturated carbocycles. The molecule has 1 fully saturated rings. The van der Waals surface area contributed by atoms with Crippen LogP contribution >= 0.6 is 22.6 Å². The number of halogens is 1. The van der Waals surface area contributed by atoms with Gasteiger partial charge in [0.05, 0.1) is 0 Å². The van der Waals surface area contributed by atoms with Crippen molar-refractivity contribution in [2.75, 3.05) is 6.54 Å². The maximum absolute atomic E-state index is 3.36. The van der Waals surface area contributed by atoms with E-state index in [4.69, 9.17) is 0 Å². The van der Waals surface area contributed by atoms with E-state index in [1.54, 1.807) is 0 Å². The van der Waals surface area contributed by atoms with Gasteiger partial charge in [0.25, 0.3) is 0 Å². The monoisotopic (exact) mass is 211 g/mol. The van der Waals surface area contributed by atoms with E-state index in [2.05, 4.69) is 34.8 Å². The van der Waals surface area contributed by atoms with Gasteiger partial charge in [0.1, 0.15) is 0 Å². The highest BCUT2D eigenvalue weighted by molar-refractivity contribution is 14.1. The van der Waals surface area contributed by atoms with Crippen LogP contribution in [0.1, 0.15) is 13.3 Å². The van der Waals surface area contributed by atoms with Crippen LogP contribution in [-0.4, -0.2) is 16.5 Å². The van der Waals surface area contributed by atoms with Crippen LogP contribution in [0.5, 0.6) is 0 Å². The van der Waals surface area contributed by atoms with E-state index in [0.717, 1.165) is 9.97 Å². The fourth-order valence-electron chi connectivity index (χ4n) is 0.827. The predicted molar refractivity (Wildman–Crippen MR) is 39.9 cm³/mol. The fourth-order valence-corrected chi connectivity index (χ4v) is 1.39. The molecule has 2 atom stereocenters. The Hall–Kier alpha value is 0.690. The van der Waals surface area contributed by atoms with Crippen LogP contribution in [0.4, 0.5) is 0 Å². The zero-order chi connectivity index (χ0) is 5.28. The van der Waals surface area contributed by atoms with Crippen LogP contribution in [0, 0.1) is 0 Å². The predicted octanol–water partition coefficient (Wildman–Crippen LogP) is 1.17. The van der Waals surface area contributed by atoms with Gasteiger partial charge in [0.15, 0.2) is 0 Å². The van der Waals surface area contributed by atoms with E-state index in [-0.39, 0.29) is 0 Å². The number of nitrogens with one attached hydrogen (secondary N) is 1. The minimum absolute atomic E-state index is 0.751. The molecule has 1 aliphatic heterocycles. The van der Waals surface area contributed by atoms with Crippen molar-refractivity contribution in [2.45, 2.75) is 23.3 Å². The Kier molecular flexibility index (Phi) is 1.92. The molecule has 0 aromatic rings. The van der Waals surface area contributed by atoms with Crippen LogP contribution in [0.25, 0.3) is 0 Å². The third-order valence-corrected chi connectivity index (χ3v) is 3.13. The van der Waals surface area contributed by atoms with E-state index >= 15 is 0 Å². The molecule has 0 aromatic heterocycles. The number of rotatable bonds is 0. The topological polar surface area (TPSA) is 12.0 Å². The molecule has 2 heteroatoms. The van der Waals surface area contributed by atoms with Crippen molar-refractivity contribution in [1.82, 2.24) is 5.32 Å². The molecule has 0 bridgehead atoms. The van der Waals surface area contributed by atoms with Gasteiger partial charge in [-0.3, -0.25) is 0 Å². The summed E-state index contributed by atoms with van der Waals surface area (Å²) in [6.07, 6.45) is 1.35. The van der Waals surface area contributed by atoms with Crippen molar-refractivity contribution in [3.05, 3.63) is 0 Å². The molecule has 2 unspecified atom stereocenters. The Bertz CT molecular complexity index is 57.1. The van der Waals surface area contributed by atoms with Crippen molar-refractivity contribution in [3.8, 4) is 0 Å². The lowest BCUT2D eigenvalue weighted by molar-refractivity contribution is 0.683. The largest absolute Gasteiger partial charge is 0.313 e. The highest BCUT2D eigenvalue weighted by atomic mass is 127. The molecular formula is C5H10IN. The normalized spacial score (nSPS) is 42.0. The first-order valence-corrected chi connectivity index (χ1v) is 3.93. The zero-order valence-electron chi connectivity index (χ0n) is 4.45. The van der Waals surface area contributed by atoms with Gasteiger partial charge in [-0.25, -0.2) is 0 Å². The van der Waals surface area contributed by atoms with Gasteiger partial charge in [0.2, 0.25) is 0 Å². The lowest BCUT2D eigenvalue weighted by atomic mass is 10.3. The number of hydrogen-bond donors (Lipinski definition) is 1. The van der Waals surface area contributed by atoms with Crippen molar-refractivity contribution < 1.29 is 0 Å². The smallest absolute Gasteiger partial charge is 0.0272 e. The van der Waals surface area contributed by atoms with E-state index in [1.807, 2.05) is 0 Å². The summed E-state index contributed by atoms with van der Waals surface area (Å²) in [7, 11) is 0. The molecule has 0 aromatic carbocycles. The average Bonchev–Trinajstić information content (AvgIpc) is 1.91. The summed E-state index contributed by atoms with van der Waals surface area (Å²) in [6.45, 7) is 3.46. The number of hydrogen-bond acceptors (Lipinski definition) is 1. The molecule has 1 aliphatic rings. The van der Waals surface area contributed by atoms with Crippen LogP contribution in [0.15, 0.2) is 0 Å². The Labute approximate surface area is 58.0 Å². The first kappa shape index (κ1) is 5.82. The SMILES string of the molecule is CC1NCCC1I. The van der Waals surface area contributed by atoms with Crippen molar-refractivity contribution in [1.29, 1.82) is 0 Å². The summed E-state index contributed by atoms with van der Waals surface area (Å²) in [6, 6.07) is 0.751. The van der Waals surface area contributed by atoms with E-state index in [0.29, 0.717) is 0 Å². The Balaban J connectivity index is 2.33. The highest BCUT2D eigenvalue weighted by Gasteiger charge is 2.18. The summed E-state index contributed by atoms with van der Waals surface area (Å²) in [5, 5.41) is 3.36. The van der Waals surface area contributed by atoms with Gasteiger partial charge in [0, 0.05) is 9.97 Å². The molecule has 1 saturated heterocycles. The Morgan fingerprint density at radius 1 is 1.71 bits per heavy atom. The third kappa shape index (κ3) is 1.29. The van der Waals surface area contributed by atoms with E-state index in [9.17, 15) is 0 Å². The Morgan fingerprint density at radius 3 is 2.57 bits per heavy atom. The second-order valence-electron chi connectivity index (χ2n) is 2.05. The molecule has 1 nitrogen and oxygen atoms in total. The molecular weight excluding hydrogens is 201 g/mol. The lowest BCUT2D eigenvalue weighted by Crippen LogP contribution is -2.22. The fraction of sp³-hybridized carbons (Fsp3) is 1.00. The molecule has 42 valence electrons. The third-order valence-electron chi connectivity index (χ3n) is 1.43. The van der Waals surface area contributed by atoms with Crippen LogP contribution in [0.2, 0.25) is 0 Å². The number of alkyl halides is 1. The van der Waals surface area contributed by atoms with Gasteiger partial charge in [-0.05, 0) is 19.9 Å². The van der Waals surface area contributed by atoms with Gasteiger partial charge in [-0.1, -0.05) is 22.6 Å². The van der Waals surface area contributed by atoms with Gasteiger partial charge >= 0.3 is 0 Å². The van der Waals surface area contributed by atoms with Crippen molar-refractivity contribution >= 4 is 22.6 Å². The zero-order valence-corrected chi connectivity index (χ0v) is 6.60. The molecule has 0 radical (unpaired) electrons. The first-order valence-electron chi connectivity index (χ1n) is 2.68. The maximum atomic E-state index is 3.36. The minimum Gasteiger partial charge on any atom is -0.313 e. The molecule has 1 rings (SSSR count). The van der Waals surface area contributed by atoms with Gasteiger partial charge < -0.3 is 5.32 Å². The molecule has 0 aliphatic carbocycles. The molecule has 0 spiro atoms.